The summed E-state index contributed by atoms with van der Waals surface area (Å²) in [7, 11) is 0. The molecule has 1 saturated heterocycles. The molecule has 9 heteroatoms. The van der Waals surface area contributed by atoms with Crippen LogP contribution in [0.15, 0.2) is 30.5 Å². The van der Waals surface area contributed by atoms with Crippen LogP contribution in [0.3, 0.4) is 0 Å². The molecule has 128 valence electrons. The van der Waals surface area contributed by atoms with E-state index in [2.05, 4.69) is 25.8 Å². The Kier molecular flexibility index (Phi) is 4.79. The first-order valence-corrected chi connectivity index (χ1v) is 7.50. The third kappa shape index (κ3) is 4.31. The molecule has 1 fully saturated rings. The topological polar surface area (TPSA) is 72.0 Å². The second kappa shape index (κ2) is 7.00. The molecule has 1 aliphatic heterocycles. The van der Waals surface area contributed by atoms with Crippen LogP contribution in [-0.2, 0) is 10.9 Å². The predicted molar refractivity (Wildman–Crippen MR) is 82.0 cm³/mol. The smallest absolute Gasteiger partial charge is 0.376 e. The first-order chi connectivity index (χ1) is 11.5. The highest BCUT2D eigenvalue weighted by atomic mass is 19.4. The van der Waals surface area contributed by atoms with Crippen molar-refractivity contribution in [3.63, 3.8) is 0 Å². The molecule has 0 amide bonds. The molecule has 1 aromatic carbocycles. The van der Waals surface area contributed by atoms with Gasteiger partial charge in [0, 0.05) is 18.8 Å². The molecule has 0 saturated carbocycles. The van der Waals surface area contributed by atoms with Gasteiger partial charge in [-0.1, -0.05) is 6.07 Å². The number of aromatic nitrogens is 3. The Morgan fingerprint density at radius 2 is 2.17 bits per heavy atom. The molecule has 1 atom stereocenters. The molecule has 2 aromatic rings. The zero-order valence-electron chi connectivity index (χ0n) is 12.7. The molecular formula is C15H16F3N5O. The zero-order chi connectivity index (χ0) is 17.0. The Hall–Kier alpha value is -2.42. The van der Waals surface area contributed by atoms with Crippen molar-refractivity contribution >= 4 is 17.5 Å². The number of rotatable bonds is 5. The third-order valence-electron chi connectivity index (χ3n) is 3.54. The fraction of sp³-hybridized carbons (Fsp3) is 0.400. The fourth-order valence-corrected chi connectivity index (χ4v) is 2.37. The summed E-state index contributed by atoms with van der Waals surface area (Å²) < 4.78 is 43.7. The van der Waals surface area contributed by atoms with Crippen LogP contribution in [0.5, 0.6) is 0 Å². The third-order valence-corrected chi connectivity index (χ3v) is 3.54. The number of benzene rings is 1. The summed E-state index contributed by atoms with van der Waals surface area (Å²) in [6.45, 7) is 1.36. The summed E-state index contributed by atoms with van der Waals surface area (Å²) in [6.07, 6.45) is -0.787. The van der Waals surface area contributed by atoms with E-state index in [1.54, 1.807) is 0 Å². The van der Waals surface area contributed by atoms with Crippen LogP contribution >= 0.6 is 0 Å². The number of hydrogen-bond donors (Lipinski definition) is 2. The Morgan fingerprint density at radius 3 is 2.92 bits per heavy atom. The predicted octanol–water partition coefficient (Wildman–Crippen LogP) is 3.22. The van der Waals surface area contributed by atoms with Crippen LogP contribution in [0.1, 0.15) is 18.4 Å². The van der Waals surface area contributed by atoms with Crippen molar-refractivity contribution in [1.29, 1.82) is 0 Å². The summed E-state index contributed by atoms with van der Waals surface area (Å²) in [5, 5.41) is 13.4. The average Bonchev–Trinajstić information content (AvgIpc) is 3.06. The number of anilines is 3. The van der Waals surface area contributed by atoms with Crippen molar-refractivity contribution in [2.45, 2.75) is 25.1 Å². The first kappa shape index (κ1) is 16.4. The molecule has 24 heavy (non-hydrogen) atoms. The number of alkyl halides is 3. The van der Waals surface area contributed by atoms with E-state index in [9.17, 15) is 13.2 Å². The Morgan fingerprint density at radius 1 is 1.29 bits per heavy atom. The van der Waals surface area contributed by atoms with Crippen LogP contribution in [0.25, 0.3) is 0 Å². The second-order valence-electron chi connectivity index (χ2n) is 5.38. The molecule has 2 heterocycles. The molecule has 0 bridgehead atoms. The lowest BCUT2D eigenvalue weighted by Crippen LogP contribution is -2.19. The second-order valence-corrected chi connectivity index (χ2v) is 5.38. The van der Waals surface area contributed by atoms with Crippen molar-refractivity contribution in [2.75, 3.05) is 23.8 Å². The molecule has 3 rings (SSSR count). The highest BCUT2D eigenvalue weighted by Crippen LogP contribution is 2.31. The van der Waals surface area contributed by atoms with E-state index in [-0.39, 0.29) is 17.7 Å². The number of halogens is 3. The molecule has 0 aliphatic carbocycles. The van der Waals surface area contributed by atoms with Gasteiger partial charge < -0.3 is 15.4 Å². The summed E-state index contributed by atoms with van der Waals surface area (Å²) in [6, 6.07) is 4.82. The SMILES string of the molecule is FC(F)(F)c1cccc(Nc2nncc(NCC3CCCO3)n2)c1. The van der Waals surface area contributed by atoms with Crippen LogP contribution in [-0.4, -0.2) is 34.4 Å². The van der Waals surface area contributed by atoms with Crippen LogP contribution in [0.4, 0.5) is 30.6 Å². The van der Waals surface area contributed by atoms with Gasteiger partial charge in [0.05, 0.1) is 17.9 Å². The van der Waals surface area contributed by atoms with Gasteiger partial charge in [-0.25, -0.2) is 0 Å². The average molecular weight is 339 g/mol. The van der Waals surface area contributed by atoms with Gasteiger partial charge in [0.1, 0.15) is 0 Å². The minimum atomic E-state index is -4.40. The van der Waals surface area contributed by atoms with Gasteiger partial charge in [0.25, 0.3) is 0 Å². The largest absolute Gasteiger partial charge is 0.416 e. The van der Waals surface area contributed by atoms with E-state index in [1.807, 2.05) is 0 Å². The van der Waals surface area contributed by atoms with Crippen molar-refractivity contribution in [3.05, 3.63) is 36.0 Å². The standard InChI is InChI=1S/C15H16F3N5O/c16-15(17,18)10-3-1-4-11(7-10)21-14-22-13(9-20-23-14)19-8-12-5-2-6-24-12/h1,3-4,7,9,12H,2,5-6,8H2,(H2,19,21,22,23). The summed E-state index contributed by atoms with van der Waals surface area (Å²) in [5.41, 5.74) is -0.504. The van der Waals surface area contributed by atoms with Crippen LogP contribution in [0, 0.1) is 0 Å². The molecule has 1 aliphatic rings. The number of ether oxygens (including phenoxy) is 1. The van der Waals surface area contributed by atoms with Crippen LogP contribution < -0.4 is 10.6 Å². The minimum Gasteiger partial charge on any atom is -0.376 e. The maximum absolute atomic E-state index is 12.7. The summed E-state index contributed by atoms with van der Waals surface area (Å²) in [5.74, 6) is 0.599. The van der Waals surface area contributed by atoms with Crippen molar-refractivity contribution in [3.8, 4) is 0 Å². The van der Waals surface area contributed by atoms with Gasteiger partial charge in [-0.3, -0.25) is 0 Å². The minimum absolute atomic E-state index is 0.117. The Bertz CT molecular complexity index is 689. The quantitative estimate of drug-likeness (QED) is 0.871. The molecule has 1 aromatic heterocycles. The van der Waals surface area contributed by atoms with Gasteiger partial charge >= 0.3 is 6.18 Å². The normalized spacial score (nSPS) is 17.7. The number of nitrogens with zero attached hydrogens (tertiary/aromatic N) is 3. The zero-order valence-corrected chi connectivity index (χ0v) is 12.7. The molecule has 2 N–H and O–H groups in total. The van der Waals surface area contributed by atoms with Gasteiger partial charge in [0.15, 0.2) is 5.82 Å². The number of hydrogen-bond acceptors (Lipinski definition) is 6. The van der Waals surface area contributed by atoms with E-state index in [0.29, 0.717) is 12.4 Å². The molecule has 0 spiro atoms. The van der Waals surface area contributed by atoms with Gasteiger partial charge in [0.2, 0.25) is 5.95 Å². The van der Waals surface area contributed by atoms with Crippen molar-refractivity contribution < 1.29 is 17.9 Å². The van der Waals surface area contributed by atoms with Gasteiger partial charge in [-0.15, -0.1) is 5.10 Å². The molecule has 1 unspecified atom stereocenters. The van der Waals surface area contributed by atoms with Crippen molar-refractivity contribution in [2.24, 2.45) is 0 Å². The highest BCUT2D eigenvalue weighted by Gasteiger charge is 2.30. The monoisotopic (exact) mass is 339 g/mol. The summed E-state index contributed by atoms with van der Waals surface area (Å²) in [4.78, 5) is 4.19. The van der Waals surface area contributed by atoms with Crippen molar-refractivity contribution in [1.82, 2.24) is 15.2 Å². The van der Waals surface area contributed by atoms with Gasteiger partial charge in [-0.05, 0) is 31.0 Å². The van der Waals surface area contributed by atoms with E-state index < -0.39 is 11.7 Å². The van der Waals surface area contributed by atoms with Crippen LogP contribution in [0.2, 0.25) is 0 Å². The van der Waals surface area contributed by atoms with E-state index in [0.717, 1.165) is 31.6 Å². The molecule has 6 nitrogen and oxygen atoms in total. The van der Waals surface area contributed by atoms with E-state index in [1.165, 1.54) is 18.3 Å². The Balaban J connectivity index is 1.66. The summed E-state index contributed by atoms with van der Waals surface area (Å²) >= 11 is 0. The Labute approximate surface area is 136 Å². The highest BCUT2D eigenvalue weighted by molar-refractivity contribution is 5.55. The first-order valence-electron chi connectivity index (χ1n) is 7.50. The lowest BCUT2D eigenvalue weighted by Gasteiger charge is -2.12. The van der Waals surface area contributed by atoms with E-state index in [4.69, 9.17) is 4.74 Å². The maximum atomic E-state index is 12.7. The maximum Gasteiger partial charge on any atom is 0.416 e. The molecule has 0 radical (unpaired) electrons. The molecular weight excluding hydrogens is 323 g/mol. The van der Waals surface area contributed by atoms with Gasteiger partial charge in [-0.2, -0.15) is 23.3 Å². The van der Waals surface area contributed by atoms with E-state index >= 15 is 0 Å². The lowest BCUT2D eigenvalue weighted by atomic mass is 10.2. The lowest BCUT2D eigenvalue weighted by molar-refractivity contribution is -0.137. The number of nitrogens with one attached hydrogen (secondary N) is 2. The fourth-order valence-electron chi connectivity index (χ4n) is 2.37.